The van der Waals surface area contributed by atoms with E-state index in [1.54, 1.807) is 4.90 Å². The Morgan fingerprint density at radius 1 is 1.06 bits per heavy atom. The molecule has 9 nitrogen and oxygen atoms in total. The van der Waals surface area contributed by atoms with Crippen LogP contribution in [0.5, 0.6) is 11.5 Å². The van der Waals surface area contributed by atoms with E-state index >= 15 is 0 Å². The van der Waals surface area contributed by atoms with Crippen LogP contribution in [0.2, 0.25) is 0 Å². The second-order valence-corrected chi connectivity index (χ2v) is 10.2. The van der Waals surface area contributed by atoms with Crippen molar-refractivity contribution in [2.75, 3.05) is 39.4 Å². The van der Waals surface area contributed by atoms with Crippen LogP contribution in [0.1, 0.15) is 30.1 Å². The van der Waals surface area contributed by atoms with Crippen LogP contribution in [0.25, 0.3) is 0 Å². The second kappa shape index (κ2) is 10.8. The summed E-state index contributed by atoms with van der Waals surface area (Å²) in [5.41, 5.74) is -0.0464. The van der Waals surface area contributed by atoms with E-state index in [1.165, 1.54) is 15.8 Å². The highest BCUT2D eigenvalue weighted by Crippen LogP contribution is 2.25. The van der Waals surface area contributed by atoms with Gasteiger partial charge in [-0.25, -0.2) is 13.2 Å². The van der Waals surface area contributed by atoms with Crippen LogP contribution in [0.15, 0.2) is 39.9 Å². The molecular formula is C21H26N2O7S2. The average Bonchev–Trinajstić information content (AvgIpc) is 3.30. The van der Waals surface area contributed by atoms with Gasteiger partial charge in [0.1, 0.15) is 15.7 Å². The quantitative estimate of drug-likeness (QED) is 0.518. The summed E-state index contributed by atoms with van der Waals surface area (Å²) in [7, 11) is -3.76. The molecule has 0 unspecified atom stereocenters. The van der Waals surface area contributed by atoms with Gasteiger partial charge in [0.15, 0.2) is 0 Å². The molecule has 1 aromatic heterocycles. The molecule has 1 N–H and O–H groups in total. The topological polar surface area (TPSA) is 113 Å². The Labute approximate surface area is 191 Å². The molecule has 1 aliphatic heterocycles. The van der Waals surface area contributed by atoms with E-state index in [0.29, 0.717) is 44.9 Å². The number of hydrogen-bond donors (Lipinski definition) is 1. The van der Waals surface area contributed by atoms with Gasteiger partial charge in [-0.15, -0.1) is 11.3 Å². The first-order valence-electron chi connectivity index (χ1n) is 10.3. The van der Waals surface area contributed by atoms with Gasteiger partial charge in [0.05, 0.1) is 18.8 Å². The number of carboxylic acid groups (broad SMARTS) is 1. The van der Waals surface area contributed by atoms with E-state index < -0.39 is 16.0 Å². The standard InChI is InChI=1S/C21H26N2O7S2/c1-2-29-17-5-7-18(8-6-17)30-13-3-4-19(24)22-9-11-23(12-10-22)32(27,28)20-14-16(15-31-20)21(25)26/h5-8,14-15H,2-4,9-13H2,1H3,(H,25,26). The Kier molecular flexibility index (Phi) is 8.10. The number of amides is 1. The number of carboxylic acids is 1. The molecule has 0 radical (unpaired) electrons. The fraction of sp³-hybridized carbons (Fsp3) is 0.429. The number of carbonyl (C=O) groups excluding carboxylic acids is 1. The Hall–Kier alpha value is -2.63. The van der Waals surface area contributed by atoms with E-state index in [4.69, 9.17) is 14.6 Å². The first kappa shape index (κ1) is 24.0. The first-order chi connectivity index (χ1) is 15.3. The maximum absolute atomic E-state index is 12.7. The zero-order chi connectivity index (χ0) is 23.1. The smallest absolute Gasteiger partial charge is 0.336 e. The number of nitrogens with zero attached hydrogens (tertiary/aromatic N) is 2. The summed E-state index contributed by atoms with van der Waals surface area (Å²) in [6.45, 7) is 3.87. The number of hydrogen-bond acceptors (Lipinski definition) is 7. The molecule has 0 bridgehead atoms. The van der Waals surface area contributed by atoms with Crippen LogP contribution in [-0.4, -0.2) is 74.0 Å². The fourth-order valence-electron chi connectivity index (χ4n) is 3.24. The van der Waals surface area contributed by atoms with E-state index in [9.17, 15) is 18.0 Å². The molecule has 1 amide bonds. The van der Waals surface area contributed by atoms with Crippen molar-refractivity contribution in [3.05, 3.63) is 41.3 Å². The van der Waals surface area contributed by atoms with Crippen LogP contribution in [0.4, 0.5) is 0 Å². The summed E-state index contributed by atoms with van der Waals surface area (Å²) in [5.74, 6) is 0.281. The third-order valence-corrected chi connectivity index (χ3v) is 8.26. The molecule has 1 saturated heterocycles. The summed E-state index contributed by atoms with van der Waals surface area (Å²) in [6, 6.07) is 8.47. The normalized spacial score (nSPS) is 14.8. The lowest BCUT2D eigenvalue weighted by Crippen LogP contribution is -2.50. The SMILES string of the molecule is CCOc1ccc(OCCCC(=O)N2CCN(S(=O)(=O)c3cc(C(=O)O)cs3)CC2)cc1. The largest absolute Gasteiger partial charge is 0.494 e. The minimum absolute atomic E-state index is 0.00103. The average molecular weight is 483 g/mol. The van der Waals surface area contributed by atoms with E-state index in [2.05, 4.69) is 0 Å². The highest BCUT2D eigenvalue weighted by atomic mass is 32.2. The number of benzene rings is 1. The van der Waals surface area contributed by atoms with Crippen LogP contribution in [0, 0.1) is 0 Å². The number of carbonyl (C=O) groups is 2. The van der Waals surface area contributed by atoms with Crippen molar-refractivity contribution in [2.24, 2.45) is 0 Å². The van der Waals surface area contributed by atoms with Crippen molar-refractivity contribution in [3.8, 4) is 11.5 Å². The molecule has 1 aliphatic rings. The number of piperazine rings is 1. The van der Waals surface area contributed by atoms with Crippen molar-refractivity contribution in [3.63, 3.8) is 0 Å². The Morgan fingerprint density at radius 2 is 1.69 bits per heavy atom. The van der Waals surface area contributed by atoms with Gasteiger partial charge in [-0.05, 0) is 43.7 Å². The van der Waals surface area contributed by atoms with Crippen LogP contribution in [0.3, 0.4) is 0 Å². The van der Waals surface area contributed by atoms with Crippen molar-refractivity contribution >= 4 is 33.2 Å². The maximum Gasteiger partial charge on any atom is 0.336 e. The lowest BCUT2D eigenvalue weighted by atomic mass is 10.2. The molecule has 11 heteroatoms. The number of rotatable bonds is 10. The van der Waals surface area contributed by atoms with Gasteiger partial charge in [0.2, 0.25) is 5.91 Å². The van der Waals surface area contributed by atoms with E-state index in [0.717, 1.165) is 17.1 Å². The van der Waals surface area contributed by atoms with Gasteiger partial charge in [-0.2, -0.15) is 4.31 Å². The lowest BCUT2D eigenvalue weighted by molar-refractivity contribution is -0.132. The number of aromatic carboxylic acids is 1. The molecule has 0 atom stereocenters. The third-order valence-electron chi connectivity index (χ3n) is 4.95. The molecule has 0 saturated carbocycles. The molecule has 32 heavy (non-hydrogen) atoms. The van der Waals surface area contributed by atoms with Crippen molar-refractivity contribution in [2.45, 2.75) is 24.0 Å². The molecule has 1 fully saturated rings. The maximum atomic E-state index is 12.7. The fourth-order valence-corrected chi connectivity index (χ4v) is 5.97. The van der Waals surface area contributed by atoms with Gasteiger partial charge in [0.25, 0.3) is 10.0 Å². The summed E-state index contributed by atoms with van der Waals surface area (Å²) in [4.78, 5) is 25.1. The number of sulfonamides is 1. The number of ether oxygens (including phenoxy) is 2. The van der Waals surface area contributed by atoms with E-state index in [-0.39, 0.29) is 28.8 Å². The Bertz CT molecular complexity index is 1030. The van der Waals surface area contributed by atoms with Gasteiger partial charge >= 0.3 is 5.97 Å². The summed E-state index contributed by atoms with van der Waals surface area (Å²) < 4.78 is 37.8. The molecule has 2 heterocycles. The van der Waals surface area contributed by atoms with Gasteiger partial charge in [-0.3, -0.25) is 4.79 Å². The van der Waals surface area contributed by atoms with Crippen LogP contribution >= 0.6 is 11.3 Å². The molecule has 0 aliphatic carbocycles. The number of thiophene rings is 1. The summed E-state index contributed by atoms with van der Waals surface area (Å²) in [5, 5.41) is 10.3. The molecule has 3 rings (SSSR count). The Morgan fingerprint density at radius 3 is 2.25 bits per heavy atom. The van der Waals surface area contributed by atoms with Gasteiger partial charge < -0.3 is 19.5 Å². The monoisotopic (exact) mass is 482 g/mol. The van der Waals surface area contributed by atoms with Crippen molar-refractivity contribution < 1.29 is 32.6 Å². The molecule has 2 aromatic rings. The van der Waals surface area contributed by atoms with Crippen molar-refractivity contribution in [1.82, 2.24) is 9.21 Å². The van der Waals surface area contributed by atoms with E-state index in [1.807, 2.05) is 31.2 Å². The summed E-state index contributed by atoms with van der Waals surface area (Å²) in [6.07, 6.45) is 0.869. The molecule has 0 spiro atoms. The van der Waals surface area contributed by atoms with Crippen molar-refractivity contribution in [1.29, 1.82) is 0 Å². The van der Waals surface area contributed by atoms with Crippen LogP contribution < -0.4 is 9.47 Å². The Balaban J connectivity index is 1.41. The van der Waals surface area contributed by atoms with Gasteiger partial charge in [-0.1, -0.05) is 0 Å². The zero-order valence-corrected chi connectivity index (χ0v) is 19.4. The zero-order valence-electron chi connectivity index (χ0n) is 17.7. The highest BCUT2D eigenvalue weighted by Gasteiger charge is 2.31. The highest BCUT2D eigenvalue weighted by molar-refractivity contribution is 7.91. The predicted molar refractivity (Wildman–Crippen MR) is 119 cm³/mol. The summed E-state index contributed by atoms with van der Waals surface area (Å²) >= 11 is 0.889. The second-order valence-electron chi connectivity index (χ2n) is 7.10. The molecule has 1 aromatic carbocycles. The molecule has 174 valence electrons. The molecular weight excluding hydrogens is 456 g/mol. The lowest BCUT2D eigenvalue weighted by Gasteiger charge is -2.33. The van der Waals surface area contributed by atoms with Crippen LogP contribution in [-0.2, 0) is 14.8 Å². The third kappa shape index (κ3) is 5.99. The van der Waals surface area contributed by atoms with Gasteiger partial charge in [0, 0.05) is 38.0 Å². The first-order valence-corrected chi connectivity index (χ1v) is 12.6. The minimum atomic E-state index is -3.76. The predicted octanol–water partition coefficient (Wildman–Crippen LogP) is 2.54. The minimum Gasteiger partial charge on any atom is -0.494 e.